The van der Waals surface area contributed by atoms with Gasteiger partial charge in [0.25, 0.3) is 11.8 Å². The molecule has 4 rings (SSSR count). The number of ether oxygens (including phenoxy) is 2. The predicted octanol–water partition coefficient (Wildman–Crippen LogP) is 3.81. The topological polar surface area (TPSA) is 112 Å². The summed E-state index contributed by atoms with van der Waals surface area (Å²) in [7, 11) is -3.11. The summed E-state index contributed by atoms with van der Waals surface area (Å²) in [6, 6.07) is 5.68. The molecule has 4 heterocycles. The fourth-order valence-electron chi connectivity index (χ4n) is 3.48. The second-order valence-corrected chi connectivity index (χ2v) is 11.0. The van der Waals surface area contributed by atoms with E-state index in [4.69, 9.17) is 21.1 Å². The zero-order chi connectivity index (χ0) is 25.4. The third-order valence-electron chi connectivity index (χ3n) is 5.44. The number of nitrogens with one attached hydrogen (secondary N) is 1. The maximum absolute atomic E-state index is 12.9. The van der Waals surface area contributed by atoms with Crippen molar-refractivity contribution in [1.29, 1.82) is 0 Å². The summed E-state index contributed by atoms with van der Waals surface area (Å²) in [6.07, 6.45) is -1.26. The lowest BCUT2D eigenvalue weighted by atomic mass is 9.95. The van der Waals surface area contributed by atoms with Crippen molar-refractivity contribution in [3.8, 4) is 17.4 Å². The number of rotatable bonds is 6. The maximum atomic E-state index is 12.9. The molecular weight excluding hydrogens is 513 g/mol. The summed E-state index contributed by atoms with van der Waals surface area (Å²) in [4.78, 5) is 21.0. The van der Waals surface area contributed by atoms with Crippen LogP contribution in [0.3, 0.4) is 0 Å². The summed E-state index contributed by atoms with van der Waals surface area (Å²) in [5.74, 6) is -0.842. The Morgan fingerprint density at radius 1 is 1.26 bits per heavy atom. The first-order valence-electron chi connectivity index (χ1n) is 10.4. The molecule has 0 aliphatic carbocycles. The second kappa shape index (κ2) is 9.19. The van der Waals surface area contributed by atoms with E-state index in [0.29, 0.717) is 5.65 Å². The largest absolute Gasteiger partial charge is 0.478 e. The van der Waals surface area contributed by atoms with E-state index in [1.165, 1.54) is 41.1 Å². The van der Waals surface area contributed by atoms with Crippen molar-refractivity contribution in [3.63, 3.8) is 0 Å². The molecule has 0 aromatic carbocycles. The van der Waals surface area contributed by atoms with Crippen LogP contribution in [0.1, 0.15) is 30.3 Å². The van der Waals surface area contributed by atoms with E-state index in [2.05, 4.69) is 15.3 Å². The van der Waals surface area contributed by atoms with Crippen molar-refractivity contribution in [2.45, 2.75) is 31.5 Å². The third-order valence-corrected chi connectivity index (χ3v) is 7.45. The van der Waals surface area contributed by atoms with Crippen LogP contribution in [0.25, 0.3) is 5.65 Å². The van der Waals surface area contributed by atoms with Gasteiger partial charge in [0.15, 0.2) is 18.1 Å². The quantitative estimate of drug-likeness (QED) is 0.513. The van der Waals surface area contributed by atoms with E-state index in [0.717, 1.165) is 0 Å². The Labute approximate surface area is 203 Å². The number of alkyl halides is 3. The Morgan fingerprint density at radius 3 is 2.66 bits per heavy atom. The highest BCUT2D eigenvalue weighted by Crippen LogP contribution is 2.32. The normalized spacial score (nSPS) is 17.2. The van der Waals surface area contributed by atoms with Gasteiger partial charge in [0.2, 0.25) is 0 Å². The summed E-state index contributed by atoms with van der Waals surface area (Å²) < 4.78 is 72.7. The van der Waals surface area contributed by atoms with Crippen molar-refractivity contribution in [2.75, 3.05) is 18.1 Å². The first-order chi connectivity index (χ1) is 16.3. The molecule has 1 aliphatic heterocycles. The van der Waals surface area contributed by atoms with Gasteiger partial charge in [-0.05, 0) is 44.0 Å². The van der Waals surface area contributed by atoms with Crippen LogP contribution in [-0.2, 0) is 9.84 Å². The average molecular weight is 533 g/mol. The highest BCUT2D eigenvalue weighted by molar-refractivity contribution is 7.91. The van der Waals surface area contributed by atoms with Crippen LogP contribution in [0, 0.1) is 0 Å². The van der Waals surface area contributed by atoms with E-state index in [-0.39, 0.29) is 52.6 Å². The minimum Gasteiger partial charge on any atom is -0.478 e. The molecule has 0 saturated carbocycles. The van der Waals surface area contributed by atoms with Gasteiger partial charge in [-0.3, -0.25) is 9.20 Å². The molecule has 0 atom stereocenters. The molecule has 1 amide bonds. The molecular formula is C21H20ClF3N4O5S. The van der Waals surface area contributed by atoms with Crippen molar-refractivity contribution < 1.29 is 35.9 Å². The summed E-state index contributed by atoms with van der Waals surface area (Å²) >= 11 is 6.39. The number of carbonyl (C=O) groups excluding carboxylic acids is 1. The van der Waals surface area contributed by atoms with Gasteiger partial charge in [-0.1, -0.05) is 11.6 Å². The number of carbonyl (C=O) groups is 1. The summed E-state index contributed by atoms with van der Waals surface area (Å²) in [6.45, 7) is 0.255. The average Bonchev–Trinajstić information content (AvgIpc) is 3.11. The van der Waals surface area contributed by atoms with Crippen molar-refractivity contribution in [3.05, 3.63) is 47.5 Å². The van der Waals surface area contributed by atoms with Crippen LogP contribution in [0.4, 0.5) is 13.2 Å². The van der Waals surface area contributed by atoms with Gasteiger partial charge in [-0.25, -0.2) is 18.4 Å². The summed E-state index contributed by atoms with van der Waals surface area (Å²) in [5.41, 5.74) is -0.467. The van der Waals surface area contributed by atoms with Crippen LogP contribution < -0.4 is 14.8 Å². The minimum absolute atomic E-state index is 0.0223. The lowest BCUT2D eigenvalue weighted by molar-refractivity contribution is -0.153. The van der Waals surface area contributed by atoms with Crippen LogP contribution in [0.5, 0.6) is 17.4 Å². The van der Waals surface area contributed by atoms with Crippen molar-refractivity contribution in [1.82, 2.24) is 19.7 Å². The lowest BCUT2D eigenvalue weighted by Gasteiger charge is -2.34. The van der Waals surface area contributed by atoms with Crippen LogP contribution in [0.2, 0.25) is 5.15 Å². The molecule has 3 aromatic rings. The van der Waals surface area contributed by atoms with Gasteiger partial charge < -0.3 is 14.8 Å². The third kappa shape index (κ3) is 5.96. The highest BCUT2D eigenvalue weighted by Gasteiger charge is 2.35. The number of amides is 1. The zero-order valence-electron chi connectivity index (χ0n) is 18.3. The molecule has 1 saturated heterocycles. The Bertz CT molecular complexity index is 1360. The molecule has 14 heteroatoms. The van der Waals surface area contributed by atoms with Gasteiger partial charge in [0, 0.05) is 11.7 Å². The van der Waals surface area contributed by atoms with Gasteiger partial charge >= 0.3 is 6.18 Å². The van der Waals surface area contributed by atoms with E-state index >= 15 is 0 Å². The Balaban J connectivity index is 1.54. The van der Waals surface area contributed by atoms with Gasteiger partial charge in [0.05, 0.1) is 17.7 Å². The number of imidazole rings is 1. The van der Waals surface area contributed by atoms with Crippen LogP contribution >= 0.6 is 11.6 Å². The molecule has 188 valence electrons. The maximum Gasteiger partial charge on any atom is 0.422 e. The SMILES string of the molecule is CC1(NC(=O)c2nc3ccc(Oc4ncccc4OCC(F)(F)F)cn3c2Cl)CCS(=O)(=O)CC1. The number of hydrogen-bond acceptors (Lipinski definition) is 7. The van der Waals surface area contributed by atoms with E-state index in [1.54, 1.807) is 6.92 Å². The lowest BCUT2D eigenvalue weighted by Crippen LogP contribution is -2.51. The van der Waals surface area contributed by atoms with Crippen molar-refractivity contribution in [2.24, 2.45) is 0 Å². The highest BCUT2D eigenvalue weighted by atomic mass is 35.5. The molecule has 3 aromatic heterocycles. The van der Waals surface area contributed by atoms with Crippen LogP contribution in [-0.4, -0.2) is 58.5 Å². The first-order valence-corrected chi connectivity index (χ1v) is 12.6. The Hall–Kier alpha value is -3.06. The number of aromatic nitrogens is 3. The van der Waals surface area contributed by atoms with E-state index in [9.17, 15) is 26.4 Å². The van der Waals surface area contributed by atoms with Crippen LogP contribution in [0.15, 0.2) is 36.7 Å². The monoisotopic (exact) mass is 532 g/mol. The van der Waals surface area contributed by atoms with E-state index in [1.807, 2.05) is 0 Å². The molecule has 1 aliphatic rings. The summed E-state index contributed by atoms with van der Waals surface area (Å²) in [5, 5.41) is 2.80. The number of sulfone groups is 1. The number of pyridine rings is 2. The predicted molar refractivity (Wildman–Crippen MR) is 120 cm³/mol. The fraction of sp³-hybridized carbons (Fsp3) is 0.381. The van der Waals surface area contributed by atoms with Gasteiger partial charge in [-0.2, -0.15) is 13.2 Å². The molecule has 1 N–H and O–H groups in total. The number of hydrogen-bond donors (Lipinski definition) is 1. The smallest absolute Gasteiger partial charge is 0.422 e. The Kier molecular flexibility index (Phi) is 6.58. The number of fused-ring (bicyclic) bond motifs is 1. The van der Waals surface area contributed by atoms with Gasteiger partial charge in [-0.15, -0.1) is 0 Å². The zero-order valence-corrected chi connectivity index (χ0v) is 19.9. The molecule has 0 radical (unpaired) electrons. The number of halogens is 4. The second-order valence-electron chi connectivity index (χ2n) is 8.32. The molecule has 0 bridgehead atoms. The Morgan fingerprint density at radius 2 is 1.97 bits per heavy atom. The fourth-order valence-corrected chi connectivity index (χ4v) is 5.47. The number of nitrogens with zero attached hydrogens (tertiary/aromatic N) is 3. The standard InChI is InChI=1S/C21H20ClF3N4O5S/c1-20(6-9-35(31,32)10-7-20)28-18(30)16-17(22)29-11-13(4-5-15(29)27-16)34-19-14(3-2-8-26-19)33-12-21(23,24)25/h2-5,8,11H,6-7,9-10,12H2,1H3,(H,28,30). The van der Waals surface area contributed by atoms with Crippen molar-refractivity contribution >= 4 is 33.0 Å². The van der Waals surface area contributed by atoms with E-state index < -0.39 is 34.1 Å². The molecule has 0 unspecified atom stereocenters. The molecule has 1 fully saturated rings. The van der Waals surface area contributed by atoms with Gasteiger partial charge in [0.1, 0.15) is 26.4 Å². The first kappa shape index (κ1) is 25.0. The molecule has 9 nitrogen and oxygen atoms in total. The molecule has 35 heavy (non-hydrogen) atoms. The minimum atomic E-state index is -4.53. The molecule has 0 spiro atoms.